The van der Waals surface area contributed by atoms with Gasteiger partial charge in [0.05, 0.1) is 8.59 Å². The minimum absolute atomic E-state index is 0.267. The zero-order valence-electron chi connectivity index (χ0n) is 10.8. The zero-order chi connectivity index (χ0) is 13.8. The summed E-state index contributed by atoms with van der Waals surface area (Å²) in [4.78, 5) is 0. The largest absolute Gasteiger partial charge is 0.455 e. The standard InChI is InChI=1S/C15H15ClINO/c1-10(18-2)11-7-8-14(12(16)9-11)19-15-6-4-3-5-13(15)17/h3-10,18H,1-2H3. The van der Waals surface area contributed by atoms with E-state index in [1.807, 2.05) is 49.5 Å². The third-order valence-electron chi connectivity index (χ3n) is 2.95. The topological polar surface area (TPSA) is 21.3 Å². The van der Waals surface area contributed by atoms with Crippen molar-refractivity contribution in [2.75, 3.05) is 7.05 Å². The van der Waals surface area contributed by atoms with Gasteiger partial charge in [-0.1, -0.05) is 29.8 Å². The van der Waals surface area contributed by atoms with Crippen molar-refractivity contribution < 1.29 is 4.74 Å². The Morgan fingerprint density at radius 1 is 1.16 bits per heavy atom. The molecule has 100 valence electrons. The summed E-state index contributed by atoms with van der Waals surface area (Å²) >= 11 is 8.52. The Hall–Kier alpha value is -0.780. The highest BCUT2D eigenvalue weighted by atomic mass is 127. The van der Waals surface area contributed by atoms with E-state index in [4.69, 9.17) is 16.3 Å². The van der Waals surface area contributed by atoms with E-state index in [1.165, 1.54) is 0 Å². The molecule has 2 nitrogen and oxygen atoms in total. The van der Waals surface area contributed by atoms with Crippen molar-refractivity contribution in [3.8, 4) is 11.5 Å². The fourth-order valence-electron chi connectivity index (χ4n) is 1.68. The van der Waals surface area contributed by atoms with Crippen LogP contribution in [0.1, 0.15) is 18.5 Å². The molecule has 0 bridgehead atoms. The van der Waals surface area contributed by atoms with Gasteiger partial charge in [0.25, 0.3) is 0 Å². The second-order valence-corrected chi connectivity index (χ2v) is 5.80. The molecule has 1 unspecified atom stereocenters. The normalized spacial score (nSPS) is 12.2. The number of hydrogen-bond acceptors (Lipinski definition) is 2. The van der Waals surface area contributed by atoms with Crippen LogP contribution in [0.25, 0.3) is 0 Å². The lowest BCUT2D eigenvalue weighted by molar-refractivity contribution is 0.479. The molecule has 4 heteroatoms. The number of halogens is 2. The molecule has 0 aliphatic rings. The number of hydrogen-bond donors (Lipinski definition) is 1. The summed E-state index contributed by atoms with van der Waals surface area (Å²) in [6, 6.07) is 14.0. The Balaban J connectivity index is 2.25. The molecule has 19 heavy (non-hydrogen) atoms. The van der Waals surface area contributed by atoms with Gasteiger partial charge < -0.3 is 10.1 Å². The molecule has 2 aromatic carbocycles. The molecule has 1 N–H and O–H groups in total. The van der Waals surface area contributed by atoms with E-state index in [-0.39, 0.29) is 6.04 Å². The second kappa shape index (κ2) is 6.59. The van der Waals surface area contributed by atoms with E-state index in [1.54, 1.807) is 0 Å². The first-order chi connectivity index (χ1) is 9.11. The lowest BCUT2D eigenvalue weighted by atomic mass is 10.1. The second-order valence-electron chi connectivity index (χ2n) is 4.23. The molecule has 0 aromatic heterocycles. The molecule has 0 saturated heterocycles. The van der Waals surface area contributed by atoms with Crippen LogP contribution < -0.4 is 10.1 Å². The van der Waals surface area contributed by atoms with E-state index >= 15 is 0 Å². The van der Waals surface area contributed by atoms with Crippen LogP contribution in [0.4, 0.5) is 0 Å². The quantitative estimate of drug-likeness (QED) is 0.744. The van der Waals surface area contributed by atoms with Crippen LogP contribution in [0.3, 0.4) is 0 Å². The van der Waals surface area contributed by atoms with Gasteiger partial charge in [0, 0.05) is 6.04 Å². The Labute approximate surface area is 132 Å². The molecule has 1 atom stereocenters. The lowest BCUT2D eigenvalue weighted by Gasteiger charge is -2.14. The summed E-state index contributed by atoms with van der Waals surface area (Å²) in [6.45, 7) is 2.09. The van der Waals surface area contributed by atoms with Crippen molar-refractivity contribution in [3.05, 3.63) is 56.6 Å². The minimum atomic E-state index is 0.267. The minimum Gasteiger partial charge on any atom is -0.455 e. The summed E-state index contributed by atoms with van der Waals surface area (Å²) in [5, 5.41) is 3.81. The van der Waals surface area contributed by atoms with Gasteiger partial charge in [0.1, 0.15) is 11.5 Å². The SMILES string of the molecule is CNC(C)c1ccc(Oc2ccccc2I)c(Cl)c1. The van der Waals surface area contributed by atoms with Gasteiger partial charge >= 0.3 is 0 Å². The third-order valence-corrected chi connectivity index (χ3v) is 4.13. The Kier molecular flexibility index (Phi) is 5.07. The van der Waals surface area contributed by atoms with Gasteiger partial charge in [-0.05, 0) is 66.4 Å². The molecule has 2 aromatic rings. The molecule has 0 aliphatic carbocycles. The van der Waals surface area contributed by atoms with Crippen LogP contribution in [-0.2, 0) is 0 Å². The highest BCUT2D eigenvalue weighted by Gasteiger charge is 2.09. The van der Waals surface area contributed by atoms with Crippen molar-refractivity contribution in [2.45, 2.75) is 13.0 Å². The van der Waals surface area contributed by atoms with Gasteiger partial charge in [-0.25, -0.2) is 0 Å². The molecular formula is C15H15ClINO. The van der Waals surface area contributed by atoms with Crippen molar-refractivity contribution in [1.29, 1.82) is 0 Å². The first-order valence-corrected chi connectivity index (χ1v) is 7.46. The average molecular weight is 388 g/mol. The van der Waals surface area contributed by atoms with Gasteiger partial charge in [-0.2, -0.15) is 0 Å². The predicted molar refractivity (Wildman–Crippen MR) is 88.2 cm³/mol. The molecule has 0 spiro atoms. The first-order valence-electron chi connectivity index (χ1n) is 6.01. The summed E-state index contributed by atoms with van der Waals surface area (Å²) in [6.07, 6.45) is 0. The van der Waals surface area contributed by atoms with E-state index in [9.17, 15) is 0 Å². The smallest absolute Gasteiger partial charge is 0.146 e. The maximum absolute atomic E-state index is 6.28. The van der Waals surface area contributed by atoms with Crippen molar-refractivity contribution >= 4 is 34.2 Å². The van der Waals surface area contributed by atoms with E-state index in [2.05, 4.69) is 34.8 Å². The fraction of sp³-hybridized carbons (Fsp3) is 0.200. The summed E-state index contributed by atoms with van der Waals surface area (Å²) in [5.41, 5.74) is 1.14. The van der Waals surface area contributed by atoms with Crippen molar-refractivity contribution in [3.63, 3.8) is 0 Å². The van der Waals surface area contributed by atoms with Crippen molar-refractivity contribution in [2.24, 2.45) is 0 Å². The average Bonchev–Trinajstić information content (AvgIpc) is 2.42. The zero-order valence-corrected chi connectivity index (χ0v) is 13.7. The summed E-state index contributed by atoms with van der Waals surface area (Å²) in [5.74, 6) is 1.50. The molecule has 2 rings (SSSR count). The lowest BCUT2D eigenvalue weighted by Crippen LogP contribution is -2.12. The van der Waals surface area contributed by atoms with Crippen LogP contribution in [0, 0.1) is 3.57 Å². The molecule has 0 radical (unpaired) electrons. The van der Waals surface area contributed by atoms with Gasteiger partial charge in [0.2, 0.25) is 0 Å². The maximum atomic E-state index is 6.28. The summed E-state index contributed by atoms with van der Waals surface area (Å²) < 4.78 is 6.91. The number of ether oxygens (including phenoxy) is 1. The molecule has 0 aliphatic heterocycles. The van der Waals surface area contributed by atoms with E-state index in [0.29, 0.717) is 10.8 Å². The third kappa shape index (κ3) is 3.61. The molecule has 0 amide bonds. The highest BCUT2D eigenvalue weighted by molar-refractivity contribution is 14.1. The Morgan fingerprint density at radius 2 is 1.89 bits per heavy atom. The fourth-order valence-corrected chi connectivity index (χ4v) is 2.41. The van der Waals surface area contributed by atoms with Gasteiger partial charge in [-0.15, -0.1) is 0 Å². The molecule has 0 saturated carbocycles. The maximum Gasteiger partial charge on any atom is 0.146 e. The Morgan fingerprint density at radius 3 is 2.53 bits per heavy atom. The number of benzene rings is 2. The predicted octanol–water partition coefficient (Wildman–Crippen LogP) is 5.02. The van der Waals surface area contributed by atoms with Crippen LogP contribution in [0.5, 0.6) is 11.5 Å². The van der Waals surface area contributed by atoms with Gasteiger partial charge in [-0.3, -0.25) is 0 Å². The monoisotopic (exact) mass is 387 g/mol. The summed E-state index contributed by atoms with van der Waals surface area (Å²) in [7, 11) is 1.93. The first kappa shape index (κ1) is 14.6. The van der Waals surface area contributed by atoms with E-state index in [0.717, 1.165) is 14.9 Å². The van der Waals surface area contributed by atoms with E-state index < -0.39 is 0 Å². The molecule has 0 heterocycles. The highest BCUT2D eigenvalue weighted by Crippen LogP contribution is 2.33. The molecule has 0 fully saturated rings. The number of para-hydroxylation sites is 1. The van der Waals surface area contributed by atoms with Crippen molar-refractivity contribution in [1.82, 2.24) is 5.32 Å². The molecular weight excluding hydrogens is 373 g/mol. The number of rotatable bonds is 4. The van der Waals surface area contributed by atoms with Crippen LogP contribution in [-0.4, -0.2) is 7.05 Å². The number of nitrogens with one attached hydrogen (secondary N) is 1. The Bertz CT molecular complexity index is 574. The van der Waals surface area contributed by atoms with Crippen LogP contribution >= 0.6 is 34.2 Å². The van der Waals surface area contributed by atoms with Crippen LogP contribution in [0.2, 0.25) is 5.02 Å². The van der Waals surface area contributed by atoms with Gasteiger partial charge in [0.15, 0.2) is 0 Å². The van der Waals surface area contributed by atoms with Crippen LogP contribution in [0.15, 0.2) is 42.5 Å².